The molecule has 0 saturated carbocycles. The van der Waals surface area contributed by atoms with E-state index in [1.54, 1.807) is 6.20 Å². The van der Waals surface area contributed by atoms with Gasteiger partial charge in [-0.25, -0.2) is 9.97 Å². The maximum atomic E-state index is 11.9. The largest absolute Gasteiger partial charge is 0.330 e. The van der Waals surface area contributed by atoms with Gasteiger partial charge in [-0.05, 0) is 57.2 Å². The van der Waals surface area contributed by atoms with Crippen LogP contribution in [0.2, 0.25) is 0 Å². The van der Waals surface area contributed by atoms with Crippen LogP contribution in [0.4, 0.5) is 5.82 Å². The van der Waals surface area contributed by atoms with Gasteiger partial charge >= 0.3 is 0 Å². The molecule has 0 aliphatic carbocycles. The number of nitrogens with zero attached hydrogens (tertiary/aromatic N) is 2. The molecule has 0 aliphatic heterocycles. The lowest BCUT2D eigenvalue weighted by atomic mass is 9.94. The summed E-state index contributed by atoms with van der Waals surface area (Å²) in [5.74, 6) is 0.930. The smallest absolute Gasteiger partial charge is 0.225 e. The Morgan fingerprint density at radius 3 is 2.75 bits per heavy atom. The summed E-state index contributed by atoms with van der Waals surface area (Å²) < 4.78 is 1.14. The molecule has 1 unspecified atom stereocenters. The Balaban J connectivity index is 2.46. The Morgan fingerprint density at radius 1 is 1.40 bits per heavy atom. The van der Waals surface area contributed by atoms with Crippen LogP contribution in [0.5, 0.6) is 0 Å². The molecule has 0 radical (unpaired) electrons. The van der Waals surface area contributed by atoms with Gasteiger partial charge in [0.15, 0.2) is 5.82 Å². The Bertz CT molecular complexity index is 436. The van der Waals surface area contributed by atoms with Crippen molar-refractivity contribution in [2.45, 2.75) is 39.0 Å². The van der Waals surface area contributed by atoms with Gasteiger partial charge in [0.1, 0.15) is 9.21 Å². The van der Waals surface area contributed by atoms with Gasteiger partial charge in [0, 0.05) is 6.42 Å². The average Bonchev–Trinajstić information content (AvgIpc) is 2.40. The first-order valence-corrected chi connectivity index (χ1v) is 8.33. The molecule has 7 heteroatoms. The maximum Gasteiger partial charge on any atom is 0.225 e. The molecule has 1 aromatic rings. The first-order valence-electron chi connectivity index (χ1n) is 6.74. The number of hydrogen-bond donors (Lipinski definition) is 2. The van der Waals surface area contributed by atoms with E-state index >= 15 is 0 Å². The average molecular weight is 408 g/mol. The van der Waals surface area contributed by atoms with Crippen LogP contribution in [0, 0.1) is 5.92 Å². The first kappa shape index (κ1) is 17.5. The molecule has 0 fully saturated rings. The van der Waals surface area contributed by atoms with Crippen LogP contribution in [0.3, 0.4) is 0 Å². The first-order chi connectivity index (χ1) is 9.56. The minimum Gasteiger partial charge on any atom is -0.330 e. The number of halogens is 2. The van der Waals surface area contributed by atoms with E-state index in [1.807, 2.05) is 0 Å². The predicted molar refractivity (Wildman–Crippen MR) is 87.4 cm³/mol. The van der Waals surface area contributed by atoms with Gasteiger partial charge in [-0.1, -0.05) is 19.8 Å². The zero-order chi connectivity index (χ0) is 15.0. The summed E-state index contributed by atoms with van der Waals surface area (Å²) in [5, 5.41) is 2.77. The number of aromatic nitrogens is 2. The normalized spacial score (nSPS) is 12.2. The third-order valence-electron chi connectivity index (χ3n) is 3.01. The molecule has 1 amide bonds. The van der Waals surface area contributed by atoms with Gasteiger partial charge in [-0.15, -0.1) is 0 Å². The van der Waals surface area contributed by atoms with Crippen molar-refractivity contribution in [2.24, 2.45) is 11.7 Å². The lowest BCUT2D eigenvalue weighted by Gasteiger charge is -2.14. The van der Waals surface area contributed by atoms with Gasteiger partial charge in [0.25, 0.3) is 0 Å². The highest BCUT2D eigenvalue weighted by atomic mass is 79.9. The molecular weight excluding hydrogens is 388 g/mol. The van der Waals surface area contributed by atoms with E-state index in [0.717, 1.165) is 25.7 Å². The molecular formula is C13H20Br2N4O. The van der Waals surface area contributed by atoms with E-state index in [-0.39, 0.29) is 5.91 Å². The van der Waals surface area contributed by atoms with Crippen LogP contribution < -0.4 is 11.1 Å². The quantitative estimate of drug-likeness (QED) is 0.691. The van der Waals surface area contributed by atoms with Crippen LogP contribution >= 0.6 is 31.9 Å². The topological polar surface area (TPSA) is 80.9 Å². The number of amides is 1. The zero-order valence-corrected chi connectivity index (χ0v) is 14.7. The minimum atomic E-state index is -0.0413. The second-order valence-electron chi connectivity index (χ2n) is 4.65. The zero-order valence-electron chi connectivity index (χ0n) is 11.5. The molecule has 20 heavy (non-hydrogen) atoms. The lowest BCUT2D eigenvalue weighted by molar-refractivity contribution is -0.116. The molecule has 0 saturated heterocycles. The fourth-order valence-corrected chi connectivity index (χ4v) is 2.95. The highest BCUT2D eigenvalue weighted by molar-refractivity contribution is 9.11. The third kappa shape index (κ3) is 6.28. The summed E-state index contributed by atoms with van der Waals surface area (Å²) in [4.78, 5) is 20.1. The van der Waals surface area contributed by atoms with Crippen LogP contribution in [0.15, 0.2) is 15.4 Å². The number of nitrogens with one attached hydrogen (secondary N) is 1. The van der Waals surface area contributed by atoms with E-state index in [1.165, 1.54) is 0 Å². The molecule has 3 N–H and O–H groups in total. The van der Waals surface area contributed by atoms with Crippen molar-refractivity contribution in [2.75, 3.05) is 11.9 Å². The number of carbonyl (C=O) groups excluding carboxylic acids is 1. The number of carbonyl (C=O) groups is 1. The van der Waals surface area contributed by atoms with Gasteiger partial charge in [0.05, 0.1) is 6.20 Å². The minimum absolute atomic E-state index is 0.0413. The molecule has 1 aromatic heterocycles. The van der Waals surface area contributed by atoms with Gasteiger partial charge in [0.2, 0.25) is 5.91 Å². The summed E-state index contributed by atoms with van der Waals surface area (Å²) >= 11 is 6.49. The molecule has 112 valence electrons. The fourth-order valence-electron chi connectivity index (χ4n) is 2.04. The van der Waals surface area contributed by atoms with Crippen molar-refractivity contribution in [1.29, 1.82) is 0 Å². The standard InChI is InChI=1S/C13H20Br2N4O/c1-2-3-9(6-7-16)4-5-11(20)19-13-12(15)18-10(14)8-17-13/h8-9H,2-7,16H2,1H3,(H,17,19,20). The Kier molecular flexibility index (Phi) is 8.25. The summed E-state index contributed by atoms with van der Waals surface area (Å²) in [6.07, 6.45) is 6.10. The summed E-state index contributed by atoms with van der Waals surface area (Å²) in [7, 11) is 0. The van der Waals surface area contributed by atoms with Gasteiger partial charge < -0.3 is 11.1 Å². The molecule has 1 heterocycles. The van der Waals surface area contributed by atoms with Crippen molar-refractivity contribution in [3.63, 3.8) is 0 Å². The highest BCUT2D eigenvalue weighted by Crippen LogP contribution is 2.21. The molecule has 5 nitrogen and oxygen atoms in total. The van der Waals surface area contributed by atoms with E-state index in [9.17, 15) is 4.79 Å². The molecule has 0 bridgehead atoms. The number of anilines is 1. The Hall–Kier alpha value is -0.530. The Morgan fingerprint density at radius 2 is 2.15 bits per heavy atom. The molecule has 1 atom stereocenters. The predicted octanol–water partition coefficient (Wildman–Crippen LogP) is 3.49. The van der Waals surface area contributed by atoms with Crippen LogP contribution in [-0.2, 0) is 4.79 Å². The van der Waals surface area contributed by atoms with E-state index in [4.69, 9.17) is 5.73 Å². The molecule has 0 spiro atoms. The van der Waals surface area contributed by atoms with Crippen LogP contribution in [-0.4, -0.2) is 22.4 Å². The van der Waals surface area contributed by atoms with Gasteiger partial charge in [-0.3, -0.25) is 4.79 Å². The van der Waals surface area contributed by atoms with Crippen molar-refractivity contribution in [1.82, 2.24) is 9.97 Å². The number of nitrogens with two attached hydrogens (primary N) is 1. The van der Waals surface area contributed by atoms with E-state index in [2.05, 4.69) is 54.1 Å². The monoisotopic (exact) mass is 406 g/mol. The molecule has 0 aliphatic rings. The molecule has 1 rings (SSSR count). The van der Waals surface area contributed by atoms with Crippen molar-refractivity contribution >= 4 is 43.6 Å². The van der Waals surface area contributed by atoms with Crippen molar-refractivity contribution in [3.8, 4) is 0 Å². The summed E-state index contributed by atoms with van der Waals surface area (Å²) in [6.45, 7) is 2.83. The van der Waals surface area contributed by atoms with E-state index in [0.29, 0.717) is 33.9 Å². The second-order valence-corrected chi connectivity index (χ2v) is 6.21. The number of hydrogen-bond acceptors (Lipinski definition) is 4. The highest BCUT2D eigenvalue weighted by Gasteiger charge is 2.12. The SMILES string of the molecule is CCCC(CCN)CCC(=O)Nc1ncc(Br)nc1Br. The third-order valence-corrected chi connectivity index (χ3v) is 3.94. The lowest BCUT2D eigenvalue weighted by Crippen LogP contribution is -2.16. The summed E-state index contributed by atoms with van der Waals surface area (Å²) in [5.41, 5.74) is 5.59. The fraction of sp³-hybridized carbons (Fsp3) is 0.615. The van der Waals surface area contributed by atoms with Crippen LogP contribution in [0.1, 0.15) is 39.0 Å². The van der Waals surface area contributed by atoms with Crippen LogP contribution in [0.25, 0.3) is 0 Å². The Labute approximate surface area is 136 Å². The van der Waals surface area contributed by atoms with Crippen molar-refractivity contribution < 1.29 is 4.79 Å². The number of rotatable bonds is 8. The van der Waals surface area contributed by atoms with Gasteiger partial charge in [-0.2, -0.15) is 0 Å². The summed E-state index contributed by atoms with van der Waals surface area (Å²) in [6, 6.07) is 0. The molecule has 0 aromatic carbocycles. The second kappa shape index (κ2) is 9.41. The van der Waals surface area contributed by atoms with Crippen molar-refractivity contribution in [3.05, 3.63) is 15.4 Å². The van der Waals surface area contributed by atoms with E-state index < -0.39 is 0 Å². The maximum absolute atomic E-state index is 11.9.